The molecular formula is C20H28ClN3O2. The van der Waals surface area contributed by atoms with E-state index in [1.54, 1.807) is 13.3 Å². The molecule has 1 aliphatic heterocycles. The molecule has 1 aliphatic rings. The minimum Gasteiger partial charge on any atom is -0.497 e. The number of ether oxygens (including phenoxy) is 2. The van der Waals surface area contributed by atoms with Crippen LogP contribution in [0, 0.1) is 0 Å². The molecule has 0 spiro atoms. The van der Waals surface area contributed by atoms with Crippen molar-refractivity contribution in [3.05, 3.63) is 53.9 Å². The van der Waals surface area contributed by atoms with Gasteiger partial charge in [0.25, 0.3) is 0 Å². The van der Waals surface area contributed by atoms with Crippen LogP contribution in [0.3, 0.4) is 0 Å². The maximum absolute atomic E-state index is 6.06. The second-order valence-electron chi connectivity index (χ2n) is 6.45. The number of aromatic nitrogens is 1. The second kappa shape index (κ2) is 10.4. The second-order valence-corrected chi connectivity index (χ2v) is 6.45. The van der Waals surface area contributed by atoms with Crippen molar-refractivity contribution < 1.29 is 9.47 Å². The fourth-order valence-corrected chi connectivity index (χ4v) is 3.26. The molecular weight excluding hydrogens is 350 g/mol. The van der Waals surface area contributed by atoms with Crippen LogP contribution in [0.1, 0.15) is 24.1 Å². The number of nitrogens with zero attached hydrogens (tertiary/aromatic N) is 2. The van der Waals surface area contributed by atoms with E-state index in [0.29, 0.717) is 12.6 Å². The molecule has 6 heteroatoms. The van der Waals surface area contributed by atoms with Crippen molar-refractivity contribution in [2.45, 2.75) is 32.0 Å². The molecule has 1 unspecified atom stereocenters. The van der Waals surface area contributed by atoms with Gasteiger partial charge in [-0.3, -0.25) is 9.88 Å². The highest BCUT2D eigenvalue weighted by atomic mass is 35.5. The molecule has 0 bridgehead atoms. The summed E-state index contributed by atoms with van der Waals surface area (Å²) in [5.74, 6) is 1.76. The van der Waals surface area contributed by atoms with E-state index in [4.69, 9.17) is 9.47 Å². The number of benzene rings is 1. The first-order valence-electron chi connectivity index (χ1n) is 8.87. The van der Waals surface area contributed by atoms with Gasteiger partial charge in [-0.1, -0.05) is 6.07 Å². The van der Waals surface area contributed by atoms with Crippen LogP contribution >= 0.6 is 12.4 Å². The molecule has 1 atom stereocenters. The summed E-state index contributed by atoms with van der Waals surface area (Å²) in [4.78, 5) is 6.80. The molecule has 26 heavy (non-hydrogen) atoms. The van der Waals surface area contributed by atoms with Gasteiger partial charge in [0.2, 0.25) is 0 Å². The Morgan fingerprint density at radius 1 is 1.27 bits per heavy atom. The van der Waals surface area contributed by atoms with E-state index in [1.807, 2.05) is 37.4 Å². The van der Waals surface area contributed by atoms with Gasteiger partial charge in [-0.05, 0) is 56.8 Å². The third kappa shape index (κ3) is 5.59. The van der Waals surface area contributed by atoms with E-state index in [1.165, 1.54) is 12.8 Å². The predicted molar refractivity (Wildman–Crippen MR) is 106 cm³/mol. The fourth-order valence-electron chi connectivity index (χ4n) is 3.26. The zero-order valence-electron chi connectivity index (χ0n) is 15.5. The average Bonchev–Trinajstić information content (AvgIpc) is 2.68. The van der Waals surface area contributed by atoms with Crippen molar-refractivity contribution in [3.63, 3.8) is 0 Å². The number of likely N-dealkylation sites (tertiary alicyclic amines) is 1. The number of halogens is 1. The highest BCUT2D eigenvalue weighted by molar-refractivity contribution is 5.85. The summed E-state index contributed by atoms with van der Waals surface area (Å²) in [6.07, 6.45) is 4.26. The number of hydrogen-bond acceptors (Lipinski definition) is 5. The molecule has 1 aromatic heterocycles. The van der Waals surface area contributed by atoms with Crippen LogP contribution in [0.5, 0.6) is 11.5 Å². The lowest BCUT2D eigenvalue weighted by Crippen LogP contribution is -2.43. The van der Waals surface area contributed by atoms with Crippen molar-refractivity contribution in [1.29, 1.82) is 0 Å². The fraction of sp³-hybridized carbons (Fsp3) is 0.450. The van der Waals surface area contributed by atoms with E-state index in [2.05, 4.69) is 21.3 Å². The number of likely N-dealkylation sites (N-methyl/N-ethyl adjacent to an activating group) is 1. The van der Waals surface area contributed by atoms with Crippen LogP contribution < -0.4 is 14.8 Å². The molecule has 3 rings (SSSR count). The number of pyridine rings is 1. The van der Waals surface area contributed by atoms with E-state index in [9.17, 15) is 0 Å². The van der Waals surface area contributed by atoms with Gasteiger partial charge < -0.3 is 14.8 Å². The monoisotopic (exact) mass is 377 g/mol. The van der Waals surface area contributed by atoms with Crippen LogP contribution in [0.25, 0.3) is 0 Å². The highest BCUT2D eigenvalue weighted by Crippen LogP contribution is 2.27. The van der Waals surface area contributed by atoms with Crippen LogP contribution in [0.15, 0.2) is 42.6 Å². The van der Waals surface area contributed by atoms with E-state index >= 15 is 0 Å². The lowest BCUT2D eigenvalue weighted by atomic mass is 10.0. The van der Waals surface area contributed by atoms with Gasteiger partial charge in [-0.2, -0.15) is 0 Å². The quantitative estimate of drug-likeness (QED) is 0.802. The van der Waals surface area contributed by atoms with Gasteiger partial charge in [-0.15, -0.1) is 12.4 Å². The highest BCUT2D eigenvalue weighted by Gasteiger charge is 2.20. The lowest BCUT2D eigenvalue weighted by molar-refractivity contribution is 0.184. The summed E-state index contributed by atoms with van der Waals surface area (Å²) in [5.41, 5.74) is 2.09. The van der Waals surface area contributed by atoms with Gasteiger partial charge in [0.1, 0.15) is 18.1 Å². The molecule has 0 saturated carbocycles. The number of methoxy groups -OCH3 is 1. The number of rotatable bonds is 7. The Labute approximate surface area is 162 Å². The Bertz CT molecular complexity index is 669. The molecule has 0 aliphatic carbocycles. The summed E-state index contributed by atoms with van der Waals surface area (Å²) in [5, 5.41) is 3.40. The molecule has 2 aromatic rings. The number of hydrogen-bond donors (Lipinski definition) is 1. The SMILES string of the molecule is CNC1CCCN(Cc2cc(OC)ccc2OCc2ccccn2)C1.Cl. The Balaban J connectivity index is 0.00000243. The molecule has 142 valence electrons. The van der Waals surface area contributed by atoms with E-state index in [0.717, 1.165) is 42.4 Å². The average molecular weight is 378 g/mol. The van der Waals surface area contributed by atoms with E-state index < -0.39 is 0 Å². The molecule has 5 nitrogen and oxygen atoms in total. The largest absolute Gasteiger partial charge is 0.497 e. The van der Waals surface area contributed by atoms with Crippen LogP contribution in [0.4, 0.5) is 0 Å². The minimum absolute atomic E-state index is 0. The normalized spacial score (nSPS) is 17.4. The van der Waals surface area contributed by atoms with Gasteiger partial charge in [0.05, 0.1) is 12.8 Å². The maximum atomic E-state index is 6.06. The van der Waals surface area contributed by atoms with Crippen molar-refractivity contribution in [2.75, 3.05) is 27.2 Å². The Hall–Kier alpha value is -1.82. The summed E-state index contributed by atoms with van der Waals surface area (Å²) in [7, 11) is 3.74. The molecule has 1 aromatic carbocycles. The Kier molecular flexibility index (Phi) is 8.16. The maximum Gasteiger partial charge on any atom is 0.130 e. The minimum atomic E-state index is 0. The first kappa shape index (κ1) is 20.5. The smallest absolute Gasteiger partial charge is 0.130 e. The molecule has 1 saturated heterocycles. The molecule has 0 radical (unpaired) electrons. The standard InChI is InChI=1S/C20H27N3O2.ClH/c1-21-17-7-5-11-23(14-17)13-16-12-19(24-2)8-9-20(16)25-15-18-6-3-4-10-22-18;/h3-4,6,8-10,12,17,21H,5,7,11,13-15H2,1-2H3;1H. The van der Waals surface area contributed by atoms with Crippen molar-refractivity contribution >= 4 is 12.4 Å². The summed E-state index contributed by atoms with van der Waals surface area (Å²) >= 11 is 0. The Morgan fingerprint density at radius 2 is 2.15 bits per heavy atom. The third-order valence-corrected chi connectivity index (χ3v) is 4.68. The van der Waals surface area contributed by atoms with Crippen LogP contribution in [-0.4, -0.2) is 43.2 Å². The van der Waals surface area contributed by atoms with Crippen LogP contribution in [-0.2, 0) is 13.2 Å². The number of piperidine rings is 1. The Morgan fingerprint density at radius 3 is 2.88 bits per heavy atom. The summed E-state index contributed by atoms with van der Waals surface area (Å²) < 4.78 is 11.5. The van der Waals surface area contributed by atoms with Crippen molar-refractivity contribution in [1.82, 2.24) is 15.2 Å². The first-order valence-corrected chi connectivity index (χ1v) is 8.87. The van der Waals surface area contributed by atoms with Crippen molar-refractivity contribution in [3.8, 4) is 11.5 Å². The van der Waals surface area contributed by atoms with Crippen LogP contribution in [0.2, 0.25) is 0 Å². The molecule has 2 heterocycles. The van der Waals surface area contributed by atoms with Gasteiger partial charge in [-0.25, -0.2) is 0 Å². The molecule has 0 amide bonds. The van der Waals surface area contributed by atoms with Gasteiger partial charge in [0, 0.05) is 30.9 Å². The van der Waals surface area contributed by atoms with Gasteiger partial charge in [0.15, 0.2) is 0 Å². The van der Waals surface area contributed by atoms with Crippen molar-refractivity contribution in [2.24, 2.45) is 0 Å². The summed E-state index contributed by atoms with van der Waals surface area (Å²) in [6.45, 7) is 3.52. The van der Waals surface area contributed by atoms with E-state index in [-0.39, 0.29) is 12.4 Å². The zero-order chi connectivity index (χ0) is 17.5. The third-order valence-electron chi connectivity index (χ3n) is 4.68. The topological polar surface area (TPSA) is 46.6 Å². The zero-order valence-corrected chi connectivity index (χ0v) is 16.3. The molecule has 1 fully saturated rings. The molecule has 1 N–H and O–H groups in total. The predicted octanol–water partition coefficient (Wildman–Crippen LogP) is 3.27. The summed E-state index contributed by atoms with van der Waals surface area (Å²) in [6, 6.07) is 12.5. The number of nitrogens with one attached hydrogen (secondary N) is 1. The lowest BCUT2D eigenvalue weighted by Gasteiger charge is -2.32. The first-order chi connectivity index (χ1) is 12.3. The van der Waals surface area contributed by atoms with Gasteiger partial charge >= 0.3 is 0 Å².